The zero-order valence-electron chi connectivity index (χ0n) is 55.4. The van der Waals surface area contributed by atoms with Crippen LogP contribution in [0.25, 0.3) is 116 Å². The van der Waals surface area contributed by atoms with Crippen molar-refractivity contribution < 1.29 is 28.6 Å². The fraction of sp³-hybridized carbons (Fsp3) is 0.244. The first-order valence-electron chi connectivity index (χ1n) is 32.3. The Morgan fingerprint density at radius 3 is 1.82 bits per heavy atom. The summed E-state index contributed by atoms with van der Waals surface area (Å²) in [6, 6.07) is 73.2. The molecule has 10 aromatic carbocycles. The molecule has 0 aliphatic rings. The molecule has 0 saturated heterocycles. The smallest absolute Gasteiger partial charge is 0.121 e. The number of fused-ring (bicyclic) bond motifs is 7. The molecule has 3 heterocycles. The Balaban J connectivity index is 0.000000259. The molecule has 87 heavy (non-hydrogen) atoms. The first-order valence-corrected chi connectivity index (χ1v) is 30.8. The number of aromatic nitrogens is 3. The van der Waals surface area contributed by atoms with Crippen LogP contribution in [0.1, 0.15) is 163 Å². The average molecular weight is 1320 g/mol. The van der Waals surface area contributed by atoms with Gasteiger partial charge in [-0.25, -0.2) is 0 Å². The van der Waals surface area contributed by atoms with E-state index >= 15 is 0 Å². The molecule has 0 fully saturated rings. The van der Waals surface area contributed by atoms with Crippen LogP contribution in [0.3, 0.4) is 0 Å². The molecule has 13 aromatic rings. The average Bonchev–Trinajstić information content (AvgIpc) is 1.56. The van der Waals surface area contributed by atoms with Gasteiger partial charge in [-0.15, -0.1) is 47.5 Å². The number of furan rings is 1. The number of aryl methyl sites for hydroxylation is 1. The van der Waals surface area contributed by atoms with Gasteiger partial charge in [0.05, 0.1) is 22.4 Å². The Labute approximate surface area is 533 Å². The van der Waals surface area contributed by atoms with E-state index in [1.807, 2.05) is 54.7 Å². The molecule has 1 radical (unpaired) electrons. The van der Waals surface area contributed by atoms with E-state index in [0.29, 0.717) is 28.9 Å². The maximum atomic E-state index is 7.83. The summed E-state index contributed by atoms with van der Waals surface area (Å²) in [5, 5.41) is 7.00. The van der Waals surface area contributed by atoms with Crippen LogP contribution in [-0.2, 0) is 25.5 Å². The van der Waals surface area contributed by atoms with Crippen molar-refractivity contribution >= 4 is 54.5 Å². The summed E-state index contributed by atoms with van der Waals surface area (Å²) in [5.74, 6) is 2.64. The molecule has 5 heteroatoms. The van der Waals surface area contributed by atoms with E-state index in [0.717, 1.165) is 66.7 Å². The molecule has 0 unspecified atom stereocenters. The van der Waals surface area contributed by atoms with Crippen molar-refractivity contribution in [2.24, 2.45) is 0 Å². The second kappa shape index (κ2) is 24.5. The minimum absolute atomic E-state index is 0. The summed E-state index contributed by atoms with van der Waals surface area (Å²) < 4.78 is 32.8. The van der Waals surface area contributed by atoms with Crippen LogP contribution in [0.4, 0.5) is 0 Å². The van der Waals surface area contributed by atoms with Gasteiger partial charge in [-0.3, -0.25) is 4.98 Å². The number of rotatable bonds is 11. The summed E-state index contributed by atoms with van der Waals surface area (Å²) in [6.07, 6.45) is 1.88. The minimum atomic E-state index is -2.19. The Kier molecular flexibility index (Phi) is 15.9. The normalized spacial score (nSPS) is 12.6. The molecule has 0 saturated carbocycles. The maximum Gasteiger partial charge on any atom is 0.121 e. The summed E-state index contributed by atoms with van der Waals surface area (Å²) in [6.45, 7) is 27.4. The molecule has 0 amide bonds. The van der Waals surface area contributed by atoms with Gasteiger partial charge in [0.25, 0.3) is 0 Å². The van der Waals surface area contributed by atoms with Gasteiger partial charge < -0.3 is 14.0 Å². The quantitative estimate of drug-likeness (QED) is 0.0957. The number of nitrogens with zero attached hydrogens (tertiary/aromatic N) is 3. The predicted octanol–water partition coefficient (Wildman–Crippen LogP) is 23.5. The standard InChI is InChI=1S/C60H57N2O.C22H22N.Ir/c1-34(2)43-29-48(35(3)4)57(49(30-43)36(5)6)41-25-22-39(23-26-41)44-31-50(37(7)8)58(51(32-44)38(9)10)62-55-21-14-13-20-54(55)61-60(62)47-19-15-18-46-53-28-42-27-24-40-16-11-12-17-45(40)52(42)33-56(53)63-59(46)47;1-16-10-11-18(14-20(16)17-8-6-5-7-9-17)21-13-12-19(15-23-21)22(2,3)4;/h11-18,20-38H,1-10H3;5-10,12-15H,1-4H3;/q2*-1;/i;1D3;. The van der Waals surface area contributed by atoms with Crippen LogP contribution in [-0.4, -0.2) is 14.5 Å². The van der Waals surface area contributed by atoms with Crippen LogP contribution in [0.2, 0.25) is 0 Å². The predicted molar refractivity (Wildman–Crippen MR) is 366 cm³/mol. The SMILES string of the molecule is CC(C)c1cc(C(C)C)c(-c2ccc(-c3cc(C(C)C)c(-n4c(-c5[c-]ccc6c5oc5cc7c(ccc8ccccc87)cc56)nc5ccccc54)c(C(C)C)c3)cc2)c(C(C)C)c1.[2H]C([2H])([2H])c1c[c-]c(-c2ccc(C(C)(C)C)cn2)cc1-c1ccccc1.[Ir]. The molecule has 0 bridgehead atoms. The zero-order valence-corrected chi connectivity index (χ0v) is 54.8. The van der Waals surface area contributed by atoms with E-state index in [2.05, 4.69) is 245 Å². The van der Waals surface area contributed by atoms with Crippen molar-refractivity contribution in [2.45, 2.75) is 132 Å². The molecular formula is C82H79IrN3O-2. The van der Waals surface area contributed by atoms with Crippen LogP contribution in [0.15, 0.2) is 199 Å². The molecule has 0 N–H and O–H groups in total. The van der Waals surface area contributed by atoms with Crippen LogP contribution < -0.4 is 0 Å². The molecule has 0 aliphatic carbocycles. The van der Waals surface area contributed by atoms with Crippen molar-refractivity contribution in [2.75, 3.05) is 0 Å². The molecule has 439 valence electrons. The third kappa shape index (κ3) is 11.7. The largest absolute Gasteiger partial charge is 0.501 e. The number of benzene rings is 10. The summed E-state index contributed by atoms with van der Waals surface area (Å²) in [5.41, 5.74) is 22.4. The number of imidazole rings is 1. The number of para-hydroxylation sites is 2. The molecule has 0 spiro atoms. The Morgan fingerprint density at radius 1 is 0.529 bits per heavy atom. The second-order valence-electron chi connectivity index (χ2n) is 26.0. The monoisotopic (exact) mass is 1320 g/mol. The van der Waals surface area contributed by atoms with Crippen molar-refractivity contribution in [1.29, 1.82) is 0 Å². The summed E-state index contributed by atoms with van der Waals surface area (Å²) >= 11 is 0. The third-order valence-electron chi connectivity index (χ3n) is 17.3. The van der Waals surface area contributed by atoms with Crippen molar-refractivity contribution in [3.8, 4) is 61.7 Å². The van der Waals surface area contributed by atoms with E-state index in [-0.39, 0.29) is 37.4 Å². The van der Waals surface area contributed by atoms with Crippen molar-refractivity contribution in [1.82, 2.24) is 14.5 Å². The van der Waals surface area contributed by atoms with E-state index in [1.54, 1.807) is 6.07 Å². The van der Waals surface area contributed by atoms with Gasteiger partial charge in [0.2, 0.25) is 0 Å². The third-order valence-corrected chi connectivity index (χ3v) is 17.3. The fourth-order valence-corrected chi connectivity index (χ4v) is 12.4. The molecule has 0 atom stereocenters. The molecule has 0 aliphatic heterocycles. The van der Waals surface area contributed by atoms with Crippen molar-refractivity contribution in [3.63, 3.8) is 0 Å². The minimum Gasteiger partial charge on any atom is -0.501 e. The Bertz CT molecular complexity index is 4710. The second-order valence-corrected chi connectivity index (χ2v) is 26.0. The summed E-state index contributed by atoms with van der Waals surface area (Å²) in [4.78, 5) is 9.99. The number of pyridine rings is 1. The van der Waals surface area contributed by atoms with E-state index < -0.39 is 6.85 Å². The Hall–Kier alpha value is -8.21. The molecule has 4 nitrogen and oxygen atoms in total. The van der Waals surface area contributed by atoms with Crippen molar-refractivity contribution in [3.05, 3.63) is 245 Å². The van der Waals surface area contributed by atoms with Crippen LogP contribution in [0, 0.1) is 19.0 Å². The van der Waals surface area contributed by atoms with Gasteiger partial charge in [0.15, 0.2) is 0 Å². The summed E-state index contributed by atoms with van der Waals surface area (Å²) in [7, 11) is 0. The topological polar surface area (TPSA) is 43.9 Å². The van der Waals surface area contributed by atoms with E-state index in [1.165, 1.54) is 77.3 Å². The van der Waals surface area contributed by atoms with Gasteiger partial charge in [-0.2, -0.15) is 0 Å². The Morgan fingerprint density at radius 2 is 1.17 bits per heavy atom. The van der Waals surface area contributed by atoms with Crippen LogP contribution in [0.5, 0.6) is 0 Å². The fourth-order valence-electron chi connectivity index (χ4n) is 12.4. The number of hydrogen-bond acceptors (Lipinski definition) is 3. The molecule has 3 aromatic heterocycles. The first-order chi connectivity index (χ1) is 42.5. The van der Waals surface area contributed by atoms with Gasteiger partial charge in [-0.05, 0) is 160 Å². The van der Waals surface area contributed by atoms with E-state index in [4.69, 9.17) is 13.5 Å². The van der Waals surface area contributed by atoms with Crippen LogP contribution >= 0.6 is 0 Å². The molecule has 13 rings (SSSR count). The van der Waals surface area contributed by atoms with Gasteiger partial charge in [0.1, 0.15) is 5.58 Å². The van der Waals surface area contributed by atoms with Gasteiger partial charge in [-0.1, -0.05) is 241 Å². The number of hydrogen-bond donors (Lipinski definition) is 0. The zero-order chi connectivity index (χ0) is 62.8. The van der Waals surface area contributed by atoms with Gasteiger partial charge in [0, 0.05) is 41.5 Å². The maximum absolute atomic E-state index is 7.83. The van der Waals surface area contributed by atoms with E-state index in [9.17, 15) is 0 Å². The van der Waals surface area contributed by atoms with Gasteiger partial charge >= 0.3 is 0 Å². The first kappa shape index (κ1) is 56.6. The molecular weight excluding hydrogens is 1240 g/mol.